The zero-order chi connectivity index (χ0) is 16.8. The van der Waals surface area contributed by atoms with Gasteiger partial charge in [0.1, 0.15) is 0 Å². The van der Waals surface area contributed by atoms with Gasteiger partial charge < -0.3 is 15.0 Å². The lowest BCUT2D eigenvalue weighted by Crippen LogP contribution is -2.38. The molecule has 0 bridgehead atoms. The third-order valence-corrected chi connectivity index (χ3v) is 4.12. The van der Waals surface area contributed by atoms with Gasteiger partial charge in [0.15, 0.2) is 0 Å². The van der Waals surface area contributed by atoms with E-state index in [4.69, 9.17) is 4.74 Å². The molecule has 0 unspecified atom stereocenters. The molecule has 0 radical (unpaired) electrons. The van der Waals surface area contributed by atoms with Gasteiger partial charge in [-0.05, 0) is 43.4 Å². The van der Waals surface area contributed by atoms with Gasteiger partial charge in [0.25, 0.3) is 0 Å². The van der Waals surface area contributed by atoms with E-state index in [1.165, 1.54) is 13.3 Å². The minimum atomic E-state index is -0.0827. The molecule has 1 aliphatic rings. The minimum absolute atomic E-state index is 0.0581. The van der Waals surface area contributed by atoms with Crippen LogP contribution in [-0.2, 0) is 20.9 Å². The van der Waals surface area contributed by atoms with Crippen LogP contribution in [0.2, 0.25) is 0 Å². The van der Waals surface area contributed by atoms with Crippen LogP contribution in [0.1, 0.15) is 44.2 Å². The van der Waals surface area contributed by atoms with E-state index in [1.807, 2.05) is 30.0 Å². The third kappa shape index (κ3) is 5.36. The normalized spacial score (nSPS) is 17.6. The van der Waals surface area contributed by atoms with E-state index >= 15 is 0 Å². The van der Waals surface area contributed by atoms with Crippen LogP contribution in [-0.4, -0.2) is 36.0 Å². The fraction of sp³-hybridized carbons (Fsp3) is 0.556. The molecule has 1 saturated heterocycles. The summed E-state index contributed by atoms with van der Waals surface area (Å²) in [6.07, 6.45) is 3.44. The van der Waals surface area contributed by atoms with Crippen molar-refractivity contribution in [3.05, 3.63) is 29.3 Å². The molecule has 1 aromatic carbocycles. The summed E-state index contributed by atoms with van der Waals surface area (Å²) in [7, 11) is 0. The summed E-state index contributed by atoms with van der Waals surface area (Å²) in [5, 5.41) is 2.80. The molecule has 23 heavy (non-hydrogen) atoms. The maximum atomic E-state index is 11.9. The van der Waals surface area contributed by atoms with Crippen LogP contribution in [0.3, 0.4) is 0 Å². The fourth-order valence-corrected chi connectivity index (χ4v) is 2.88. The topological polar surface area (TPSA) is 58.6 Å². The van der Waals surface area contributed by atoms with Crippen LogP contribution in [0.5, 0.6) is 0 Å². The Labute approximate surface area is 138 Å². The van der Waals surface area contributed by atoms with Gasteiger partial charge in [-0.1, -0.05) is 12.1 Å². The Bertz CT molecular complexity index is 565. The Morgan fingerprint density at radius 1 is 1.30 bits per heavy atom. The number of carbonyl (C=O) groups excluding carboxylic acids is 2. The average Bonchev–Trinajstić information content (AvgIpc) is 2.50. The molecule has 1 atom stereocenters. The maximum Gasteiger partial charge on any atom is 0.221 e. The third-order valence-electron chi connectivity index (χ3n) is 4.12. The number of anilines is 1. The lowest BCUT2D eigenvalue weighted by atomic mass is 10.1. The SMILES string of the molecule is CC(=O)Nc1ccc(CN(C[C@@H]2CCCCO2)C(C)=O)cc1C. The van der Waals surface area contributed by atoms with Crippen molar-refractivity contribution in [3.63, 3.8) is 0 Å². The highest BCUT2D eigenvalue weighted by molar-refractivity contribution is 5.89. The van der Waals surface area contributed by atoms with Crippen LogP contribution >= 0.6 is 0 Å². The number of nitrogens with one attached hydrogen (secondary N) is 1. The summed E-state index contributed by atoms with van der Waals surface area (Å²) in [5.74, 6) is -0.0246. The minimum Gasteiger partial charge on any atom is -0.376 e. The van der Waals surface area contributed by atoms with E-state index in [1.54, 1.807) is 6.92 Å². The van der Waals surface area contributed by atoms with Crippen LogP contribution in [0.25, 0.3) is 0 Å². The van der Waals surface area contributed by atoms with Crippen molar-refractivity contribution in [2.75, 3.05) is 18.5 Å². The van der Waals surface area contributed by atoms with Crippen molar-refractivity contribution in [2.45, 2.75) is 52.7 Å². The van der Waals surface area contributed by atoms with E-state index in [2.05, 4.69) is 5.32 Å². The number of rotatable bonds is 5. The first kappa shape index (κ1) is 17.5. The van der Waals surface area contributed by atoms with Gasteiger partial charge in [0, 0.05) is 39.2 Å². The number of hydrogen-bond acceptors (Lipinski definition) is 3. The molecule has 5 heteroatoms. The largest absolute Gasteiger partial charge is 0.376 e. The van der Waals surface area contributed by atoms with Gasteiger partial charge in [-0.2, -0.15) is 0 Å². The van der Waals surface area contributed by atoms with Crippen molar-refractivity contribution in [3.8, 4) is 0 Å². The number of aryl methyl sites for hydroxylation is 1. The summed E-state index contributed by atoms with van der Waals surface area (Å²) in [4.78, 5) is 24.9. The van der Waals surface area contributed by atoms with E-state index in [-0.39, 0.29) is 17.9 Å². The second-order valence-corrected chi connectivity index (χ2v) is 6.22. The quantitative estimate of drug-likeness (QED) is 0.908. The number of benzene rings is 1. The second kappa shape index (κ2) is 8.11. The van der Waals surface area contributed by atoms with Gasteiger partial charge in [0.2, 0.25) is 11.8 Å². The standard InChI is InChI=1S/C18H26N2O3/c1-13-10-16(7-8-18(13)19-14(2)21)11-20(15(3)22)12-17-6-4-5-9-23-17/h7-8,10,17H,4-6,9,11-12H2,1-3H3,(H,19,21)/t17-/m0/s1. The molecule has 0 saturated carbocycles. The van der Waals surface area contributed by atoms with E-state index < -0.39 is 0 Å². The molecule has 2 rings (SSSR count). The lowest BCUT2D eigenvalue weighted by molar-refractivity contribution is -0.132. The Kier molecular flexibility index (Phi) is 6.16. The van der Waals surface area contributed by atoms with Gasteiger partial charge in [-0.3, -0.25) is 9.59 Å². The molecule has 5 nitrogen and oxygen atoms in total. The van der Waals surface area contributed by atoms with Crippen LogP contribution in [0.4, 0.5) is 5.69 Å². The van der Waals surface area contributed by atoms with E-state index in [9.17, 15) is 9.59 Å². The Morgan fingerprint density at radius 3 is 2.65 bits per heavy atom. The second-order valence-electron chi connectivity index (χ2n) is 6.22. The molecule has 1 N–H and O–H groups in total. The molecule has 0 aliphatic carbocycles. The lowest BCUT2D eigenvalue weighted by Gasteiger charge is -2.29. The molecule has 2 amide bonds. The molecule has 0 spiro atoms. The van der Waals surface area contributed by atoms with Crippen molar-refractivity contribution >= 4 is 17.5 Å². The Hall–Kier alpha value is -1.88. The zero-order valence-electron chi connectivity index (χ0n) is 14.2. The summed E-state index contributed by atoms with van der Waals surface area (Å²) in [6.45, 7) is 7.05. The highest BCUT2D eigenvalue weighted by Crippen LogP contribution is 2.19. The fourth-order valence-electron chi connectivity index (χ4n) is 2.88. The van der Waals surface area contributed by atoms with Gasteiger partial charge in [0.05, 0.1) is 6.10 Å². The molecule has 1 fully saturated rings. The monoisotopic (exact) mass is 318 g/mol. The smallest absolute Gasteiger partial charge is 0.221 e. The molecule has 126 valence electrons. The van der Waals surface area contributed by atoms with Gasteiger partial charge in [-0.25, -0.2) is 0 Å². The molecule has 1 aromatic rings. The Balaban J connectivity index is 2.02. The van der Waals surface area contributed by atoms with Crippen LogP contribution < -0.4 is 5.32 Å². The van der Waals surface area contributed by atoms with Crippen molar-refractivity contribution in [1.82, 2.24) is 4.90 Å². The number of hydrogen-bond donors (Lipinski definition) is 1. The highest BCUT2D eigenvalue weighted by atomic mass is 16.5. The zero-order valence-corrected chi connectivity index (χ0v) is 14.2. The first-order valence-electron chi connectivity index (χ1n) is 8.20. The Morgan fingerprint density at radius 2 is 2.09 bits per heavy atom. The number of ether oxygens (including phenoxy) is 1. The van der Waals surface area contributed by atoms with Crippen molar-refractivity contribution in [2.24, 2.45) is 0 Å². The number of carbonyl (C=O) groups is 2. The summed E-state index contributed by atoms with van der Waals surface area (Å²) >= 11 is 0. The average molecular weight is 318 g/mol. The van der Waals surface area contributed by atoms with E-state index in [0.29, 0.717) is 13.1 Å². The number of amides is 2. The van der Waals surface area contributed by atoms with Crippen LogP contribution in [0.15, 0.2) is 18.2 Å². The molecule has 1 aliphatic heterocycles. The van der Waals surface area contributed by atoms with Gasteiger partial charge in [-0.15, -0.1) is 0 Å². The molecular weight excluding hydrogens is 292 g/mol. The van der Waals surface area contributed by atoms with Crippen molar-refractivity contribution < 1.29 is 14.3 Å². The number of nitrogens with zero attached hydrogens (tertiary/aromatic N) is 1. The van der Waals surface area contributed by atoms with Gasteiger partial charge >= 0.3 is 0 Å². The predicted molar refractivity (Wildman–Crippen MR) is 90.2 cm³/mol. The first-order chi connectivity index (χ1) is 11.0. The molecule has 0 aromatic heterocycles. The van der Waals surface area contributed by atoms with Crippen molar-refractivity contribution in [1.29, 1.82) is 0 Å². The van der Waals surface area contributed by atoms with E-state index in [0.717, 1.165) is 36.3 Å². The van der Waals surface area contributed by atoms with Crippen LogP contribution in [0, 0.1) is 6.92 Å². The maximum absolute atomic E-state index is 11.9. The molecule has 1 heterocycles. The summed E-state index contributed by atoms with van der Waals surface area (Å²) < 4.78 is 5.74. The summed E-state index contributed by atoms with van der Waals surface area (Å²) in [5.41, 5.74) is 2.86. The highest BCUT2D eigenvalue weighted by Gasteiger charge is 2.19. The summed E-state index contributed by atoms with van der Waals surface area (Å²) in [6, 6.07) is 5.86. The predicted octanol–water partition coefficient (Wildman–Crippen LogP) is 2.87. The first-order valence-corrected chi connectivity index (χ1v) is 8.20. The molecular formula is C18H26N2O3.